The summed E-state index contributed by atoms with van der Waals surface area (Å²) in [6.07, 6.45) is 1.67. The van der Waals surface area contributed by atoms with E-state index in [0.717, 1.165) is 24.2 Å². The van der Waals surface area contributed by atoms with Gasteiger partial charge in [-0.1, -0.05) is 0 Å². The van der Waals surface area contributed by atoms with Gasteiger partial charge in [0.05, 0.1) is 6.54 Å². The zero-order valence-corrected chi connectivity index (χ0v) is 10.6. The molecule has 0 spiro atoms. The molecule has 0 aliphatic carbocycles. The van der Waals surface area contributed by atoms with Gasteiger partial charge < -0.3 is 5.32 Å². The second-order valence-corrected chi connectivity index (χ2v) is 5.59. The van der Waals surface area contributed by atoms with Crippen molar-refractivity contribution in [1.82, 2.24) is 25.0 Å². The lowest BCUT2D eigenvalue weighted by molar-refractivity contribution is 0.287. The lowest BCUT2D eigenvalue weighted by Gasteiger charge is -2.17. The smallest absolute Gasteiger partial charge is 0.141 e. The molecule has 2 aliphatic rings. The predicted molar refractivity (Wildman–Crippen MR) is 65.5 cm³/mol. The van der Waals surface area contributed by atoms with Crippen LogP contribution in [0.1, 0.15) is 25.7 Å². The summed E-state index contributed by atoms with van der Waals surface area (Å²) >= 11 is 0. The molecule has 3 heterocycles. The van der Waals surface area contributed by atoms with E-state index in [2.05, 4.69) is 34.1 Å². The van der Waals surface area contributed by atoms with Crippen molar-refractivity contribution in [1.29, 1.82) is 0 Å². The van der Waals surface area contributed by atoms with Crippen LogP contribution in [0.5, 0.6) is 0 Å². The molecule has 2 fully saturated rings. The highest BCUT2D eigenvalue weighted by Crippen LogP contribution is 2.27. The normalized spacial score (nSPS) is 29.1. The van der Waals surface area contributed by atoms with Gasteiger partial charge in [-0.05, 0) is 38.8 Å². The SMILES string of the molecule is CC(C)n1ncnc1CN1CC2CNCC2C1. The van der Waals surface area contributed by atoms with Crippen LogP contribution in [-0.4, -0.2) is 45.8 Å². The first-order chi connectivity index (χ1) is 8.24. The van der Waals surface area contributed by atoms with E-state index in [1.165, 1.54) is 26.2 Å². The highest BCUT2D eigenvalue weighted by Gasteiger charge is 2.36. The third-order valence-corrected chi connectivity index (χ3v) is 3.97. The fourth-order valence-electron chi connectivity index (χ4n) is 3.10. The Morgan fingerprint density at radius 1 is 1.35 bits per heavy atom. The fourth-order valence-corrected chi connectivity index (χ4v) is 3.10. The van der Waals surface area contributed by atoms with E-state index in [4.69, 9.17) is 0 Å². The van der Waals surface area contributed by atoms with Gasteiger partial charge in [-0.25, -0.2) is 9.67 Å². The number of nitrogens with one attached hydrogen (secondary N) is 1. The van der Waals surface area contributed by atoms with Crippen molar-refractivity contribution in [3.63, 3.8) is 0 Å². The molecular weight excluding hydrogens is 214 g/mol. The van der Waals surface area contributed by atoms with Crippen LogP contribution in [-0.2, 0) is 6.54 Å². The maximum absolute atomic E-state index is 4.39. The molecule has 2 unspecified atom stereocenters. The van der Waals surface area contributed by atoms with Crippen LogP contribution in [0.3, 0.4) is 0 Å². The molecule has 3 rings (SSSR count). The molecule has 5 nitrogen and oxygen atoms in total. The average Bonchev–Trinajstić information content (AvgIpc) is 2.91. The van der Waals surface area contributed by atoms with Gasteiger partial charge in [0.2, 0.25) is 0 Å². The minimum Gasteiger partial charge on any atom is -0.316 e. The predicted octanol–water partition coefficient (Wildman–Crippen LogP) is 0.510. The maximum atomic E-state index is 4.39. The third kappa shape index (κ3) is 2.09. The Bertz CT molecular complexity index is 374. The van der Waals surface area contributed by atoms with Crippen molar-refractivity contribution < 1.29 is 0 Å². The summed E-state index contributed by atoms with van der Waals surface area (Å²) in [6, 6.07) is 0.399. The fraction of sp³-hybridized carbons (Fsp3) is 0.833. The molecule has 0 radical (unpaired) electrons. The van der Waals surface area contributed by atoms with Crippen LogP contribution in [0.4, 0.5) is 0 Å². The standard InChI is InChI=1S/C12H21N5/c1-9(2)17-12(14-8-15-17)7-16-5-10-3-13-4-11(10)6-16/h8-11,13H,3-7H2,1-2H3. The zero-order valence-electron chi connectivity index (χ0n) is 10.6. The van der Waals surface area contributed by atoms with Crippen LogP contribution in [0.2, 0.25) is 0 Å². The first kappa shape index (κ1) is 11.2. The van der Waals surface area contributed by atoms with Crippen molar-refractivity contribution >= 4 is 0 Å². The van der Waals surface area contributed by atoms with Gasteiger partial charge in [0.1, 0.15) is 12.2 Å². The molecule has 0 amide bonds. The van der Waals surface area contributed by atoms with Crippen LogP contribution in [0.25, 0.3) is 0 Å². The lowest BCUT2D eigenvalue weighted by Crippen LogP contribution is -2.27. The molecule has 94 valence electrons. The second-order valence-electron chi connectivity index (χ2n) is 5.59. The maximum Gasteiger partial charge on any atom is 0.141 e. The van der Waals surface area contributed by atoms with Crippen LogP contribution < -0.4 is 5.32 Å². The molecule has 0 saturated carbocycles. The van der Waals surface area contributed by atoms with E-state index in [-0.39, 0.29) is 0 Å². The average molecular weight is 235 g/mol. The molecule has 1 aromatic rings. The Morgan fingerprint density at radius 2 is 2.06 bits per heavy atom. The third-order valence-electron chi connectivity index (χ3n) is 3.97. The van der Waals surface area contributed by atoms with Gasteiger partial charge >= 0.3 is 0 Å². The molecule has 5 heteroatoms. The molecule has 0 aromatic carbocycles. The first-order valence-corrected chi connectivity index (χ1v) is 6.55. The molecule has 2 aliphatic heterocycles. The minimum atomic E-state index is 0.399. The van der Waals surface area contributed by atoms with Crippen LogP contribution >= 0.6 is 0 Å². The summed E-state index contributed by atoms with van der Waals surface area (Å²) in [4.78, 5) is 6.92. The van der Waals surface area contributed by atoms with Crippen molar-refractivity contribution in [2.75, 3.05) is 26.2 Å². The quantitative estimate of drug-likeness (QED) is 0.829. The Balaban J connectivity index is 1.65. The summed E-state index contributed by atoms with van der Waals surface area (Å²) in [6.45, 7) is 10.1. The molecular formula is C12H21N5. The summed E-state index contributed by atoms with van der Waals surface area (Å²) < 4.78 is 2.03. The van der Waals surface area contributed by atoms with Crippen LogP contribution in [0, 0.1) is 11.8 Å². The number of nitrogens with zero attached hydrogens (tertiary/aromatic N) is 4. The molecule has 1 N–H and O–H groups in total. The van der Waals surface area contributed by atoms with E-state index in [1.54, 1.807) is 6.33 Å². The minimum absolute atomic E-state index is 0.399. The first-order valence-electron chi connectivity index (χ1n) is 6.55. The van der Waals surface area contributed by atoms with Crippen molar-refractivity contribution in [3.8, 4) is 0 Å². The van der Waals surface area contributed by atoms with E-state index >= 15 is 0 Å². The van der Waals surface area contributed by atoms with Crippen LogP contribution in [0.15, 0.2) is 6.33 Å². The van der Waals surface area contributed by atoms with Gasteiger partial charge in [0.25, 0.3) is 0 Å². The van der Waals surface area contributed by atoms with Gasteiger partial charge in [-0.15, -0.1) is 0 Å². The number of aromatic nitrogens is 3. The van der Waals surface area contributed by atoms with E-state index in [0.29, 0.717) is 6.04 Å². The van der Waals surface area contributed by atoms with E-state index < -0.39 is 0 Å². The van der Waals surface area contributed by atoms with Crippen molar-refractivity contribution in [2.45, 2.75) is 26.4 Å². The summed E-state index contributed by atoms with van der Waals surface area (Å²) in [5.74, 6) is 2.81. The van der Waals surface area contributed by atoms with Gasteiger partial charge in [0.15, 0.2) is 0 Å². The Kier molecular flexibility index (Phi) is 2.88. The zero-order chi connectivity index (χ0) is 11.8. The highest BCUT2D eigenvalue weighted by atomic mass is 15.4. The summed E-state index contributed by atoms with van der Waals surface area (Å²) in [7, 11) is 0. The second kappa shape index (κ2) is 4.38. The van der Waals surface area contributed by atoms with E-state index in [9.17, 15) is 0 Å². The van der Waals surface area contributed by atoms with E-state index in [1.807, 2.05) is 4.68 Å². The number of hydrogen-bond acceptors (Lipinski definition) is 4. The highest BCUT2D eigenvalue weighted by molar-refractivity contribution is 4.94. The molecule has 2 saturated heterocycles. The Morgan fingerprint density at radius 3 is 2.71 bits per heavy atom. The number of likely N-dealkylation sites (tertiary alicyclic amines) is 1. The Labute approximate surface area is 102 Å². The van der Waals surface area contributed by atoms with Gasteiger partial charge in [-0.3, -0.25) is 4.90 Å². The van der Waals surface area contributed by atoms with Gasteiger partial charge in [0, 0.05) is 19.1 Å². The largest absolute Gasteiger partial charge is 0.316 e. The summed E-state index contributed by atoms with van der Waals surface area (Å²) in [5, 5.41) is 7.77. The number of rotatable bonds is 3. The molecule has 0 bridgehead atoms. The monoisotopic (exact) mass is 235 g/mol. The van der Waals surface area contributed by atoms with Crippen molar-refractivity contribution in [2.24, 2.45) is 11.8 Å². The van der Waals surface area contributed by atoms with Gasteiger partial charge in [-0.2, -0.15) is 5.10 Å². The lowest BCUT2D eigenvalue weighted by atomic mass is 10.0. The Hall–Kier alpha value is -0.940. The topological polar surface area (TPSA) is 46.0 Å². The molecule has 2 atom stereocenters. The molecule has 17 heavy (non-hydrogen) atoms. The number of hydrogen-bond donors (Lipinski definition) is 1. The van der Waals surface area contributed by atoms with Crippen molar-refractivity contribution in [3.05, 3.63) is 12.2 Å². The molecule has 1 aromatic heterocycles. The summed E-state index contributed by atoms with van der Waals surface area (Å²) in [5.41, 5.74) is 0. The number of fused-ring (bicyclic) bond motifs is 1.